The fraction of sp³-hybridized carbons (Fsp3) is 0.462. The number of fused-ring (bicyclic) bond motifs is 4. The molecule has 10 nitrogen and oxygen atoms in total. The van der Waals surface area contributed by atoms with Gasteiger partial charge in [0.05, 0.1) is 52.9 Å². The molecule has 0 N–H and O–H groups in total. The van der Waals surface area contributed by atoms with E-state index in [2.05, 4.69) is 0 Å². The predicted molar refractivity (Wildman–Crippen MR) is 139 cm³/mol. The number of benzene rings is 2. The average Bonchev–Trinajstić information content (AvgIpc) is 2.90. The van der Waals surface area contributed by atoms with Gasteiger partial charge in [-0.05, 0) is 47.5 Å². The Labute approximate surface area is 230 Å². The van der Waals surface area contributed by atoms with Crippen molar-refractivity contribution in [2.75, 3.05) is 79.3 Å². The van der Waals surface area contributed by atoms with Crippen LogP contribution in [0.4, 0.5) is 0 Å². The van der Waals surface area contributed by atoms with Crippen LogP contribution in [0.1, 0.15) is 20.7 Å². The predicted octanol–water partition coefficient (Wildman–Crippen LogP) is 3.74. The fourth-order valence-corrected chi connectivity index (χ4v) is 3.44. The second kappa shape index (κ2) is 17.1. The fourth-order valence-electron chi connectivity index (χ4n) is 3.22. The lowest BCUT2D eigenvalue weighted by atomic mass is 10.2. The van der Waals surface area contributed by atoms with Gasteiger partial charge in [-0.25, -0.2) is 0 Å². The van der Waals surface area contributed by atoms with Crippen LogP contribution in [0.5, 0.6) is 23.0 Å². The van der Waals surface area contributed by atoms with Crippen LogP contribution in [0.3, 0.4) is 0 Å². The van der Waals surface area contributed by atoms with Gasteiger partial charge in [0, 0.05) is 23.3 Å². The van der Waals surface area contributed by atoms with Crippen molar-refractivity contribution < 1.29 is 47.5 Å². The molecule has 12 heteroatoms. The summed E-state index contributed by atoms with van der Waals surface area (Å²) < 4.78 is 44.7. The van der Waals surface area contributed by atoms with Crippen LogP contribution >= 0.6 is 23.2 Å². The quantitative estimate of drug-likeness (QED) is 0.493. The van der Waals surface area contributed by atoms with Gasteiger partial charge in [0.2, 0.25) is 0 Å². The number of carbonyl (C=O) groups excluding carboxylic acids is 2. The minimum Gasteiger partial charge on any atom is -0.491 e. The molecule has 0 aliphatic carbocycles. The highest BCUT2D eigenvalue weighted by atomic mass is 35.5. The minimum absolute atomic E-state index is 0.256. The molecule has 208 valence electrons. The lowest BCUT2D eigenvalue weighted by Gasteiger charge is -2.13. The van der Waals surface area contributed by atoms with Crippen molar-refractivity contribution >= 4 is 33.7 Å². The lowest BCUT2D eigenvalue weighted by Crippen LogP contribution is -2.14. The van der Waals surface area contributed by atoms with Crippen LogP contribution in [0.25, 0.3) is 0 Å². The molecule has 0 saturated carbocycles. The zero-order chi connectivity index (χ0) is 27.0. The number of ether oxygens (including phenoxy) is 8. The van der Waals surface area contributed by atoms with E-state index < -0.39 is 10.5 Å². The van der Waals surface area contributed by atoms with Gasteiger partial charge >= 0.3 is 0 Å². The molecule has 2 aromatic rings. The van der Waals surface area contributed by atoms with Gasteiger partial charge in [-0.3, -0.25) is 9.59 Å². The van der Waals surface area contributed by atoms with Crippen LogP contribution in [0.2, 0.25) is 0 Å². The molecule has 0 spiro atoms. The van der Waals surface area contributed by atoms with Gasteiger partial charge in [-0.1, -0.05) is 0 Å². The van der Waals surface area contributed by atoms with Gasteiger partial charge in [0.15, 0.2) is 0 Å². The van der Waals surface area contributed by atoms with Crippen LogP contribution in [0.15, 0.2) is 36.4 Å². The van der Waals surface area contributed by atoms with E-state index in [-0.39, 0.29) is 37.6 Å². The minimum atomic E-state index is -0.616. The Morgan fingerprint density at radius 2 is 0.658 bits per heavy atom. The van der Waals surface area contributed by atoms with Crippen molar-refractivity contribution in [3.8, 4) is 23.0 Å². The SMILES string of the molecule is O=C(Cl)c1cc2cc(c1)OCCOCCOCCOc1cc(cc(C(=O)Cl)c1)OCCOCCOCCO2. The summed E-state index contributed by atoms with van der Waals surface area (Å²) in [6.07, 6.45) is 0. The summed E-state index contributed by atoms with van der Waals surface area (Å²) in [6, 6.07) is 9.50. The first-order valence-corrected chi connectivity index (χ1v) is 12.8. The molecule has 0 saturated heterocycles. The summed E-state index contributed by atoms with van der Waals surface area (Å²) >= 11 is 11.3. The molecule has 0 unspecified atom stereocenters. The molecular weight excluding hydrogens is 543 g/mol. The van der Waals surface area contributed by atoms with Crippen molar-refractivity contribution in [2.45, 2.75) is 0 Å². The monoisotopic (exact) mass is 572 g/mol. The topological polar surface area (TPSA) is 108 Å². The van der Waals surface area contributed by atoms with E-state index in [1.807, 2.05) is 0 Å². The van der Waals surface area contributed by atoms with Crippen LogP contribution in [-0.2, 0) is 18.9 Å². The smallest absolute Gasteiger partial charge is 0.252 e. The Morgan fingerprint density at radius 3 is 0.895 bits per heavy atom. The molecule has 2 aromatic carbocycles. The van der Waals surface area contributed by atoms with E-state index in [0.29, 0.717) is 75.9 Å². The van der Waals surface area contributed by atoms with Crippen LogP contribution < -0.4 is 18.9 Å². The first kappa shape index (κ1) is 29.9. The summed E-state index contributed by atoms with van der Waals surface area (Å²) in [5.74, 6) is 1.74. The number of hydrogen-bond donors (Lipinski definition) is 0. The average molecular weight is 573 g/mol. The maximum atomic E-state index is 11.6. The lowest BCUT2D eigenvalue weighted by molar-refractivity contribution is 0.0260. The molecular formula is C26H30Cl2O10. The Kier molecular flexibility index (Phi) is 13.5. The first-order chi connectivity index (χ1) is 18.5. The summed E-state index contributed by atoms with van der Waals surface area (Å²) in [6.45, 7) is 3.69. The molecule has 0 atom stereocenters. The second-order valence-corrected chi connectivity index (χ2v) is 8.46. The zero-order valence-corrected chi connectivity index (χ0v) is 22.3. The standard InChI is InChI=1S/C26H30Cl2O10/c27-25(29)19-13-21-17-23(15-19)37-11-7-33-3-4-34-8-12-38-24-16-20(26(28)30)14-22(18-24)36-10-6-32-2-1-31-5-9-35-21/h13-18H,1-12H2. The highest BCUT2D eigenvalue weighted by molar-refractivity contribution is 6.68. The Balaban J connectivity index is 1.53. The number of rotatable bonds is 2. The van der Waals surface area contributed by atoms with E-state index in [1.165, 1.54) is 0 Å². The molecule has 3 rings (SSSR count). The van der Waals surface area contributed by atoms with Crippen molar-refractivity contribution in [3.05, 3.63) is 47.5 Å². The molecule has 0 radical (unpaired) electrons. The van der Waals surface area contributed by atoms with Gasteiger partial charge in [0.25, 0.3) is 10.5 Å². The molecule has 38 heavy (non-hydrogen) atoms. The number of carbonyl (C=O) groups is 2. The van der Waals surface area contributed by atoms with Crippen LogP contribution in [0, 0.1) is 0 Å². The Hall–Kier alpha value is -2.60. The highest BCUT2D eigenvalue weighted by Gasteiger charge is 2.10. The molecule has 0 amide bonds. The Morgan fingerprint density at radius 1 is 0.421 bits per heavy atom. The van der Waals surface area contributed by atoms with Crippen molar-refractivity contribution in [3.63, 3.8) is 0 Å². The van der Waals surface area contributed by atoms with E-state index in [0.717, 1.165) is 0 Å². The molecule has 0 aromatic heterocycles. The molecule has 4 bridgehead atoms. The third-order valence-electron chi connectivity index (χ3n) is 4.94. The van der Waals surface area contributed by atoms with Gasteiger partial charge in [-0.15, -0.1) is 0 Å². The van der Waals surface area contributed by atoms with E-state index in [4.69, 9.17) is 61.1 Å². The summed E-state index contributed by atoms with van der Waals surface area (Å²) in [5, 5.41) is -1.23. The van der Waals surface area contributed by atoms with Crippen LogP contribution in [-0.4, -0.2) is 89.8 Å². The van der Waals surface area contributed by atoms with Crippen molar-refractivity contribution in [1.29, 1.82) is 0 Å². The number of hydrogen-bond acceptors (Lipinski definition) is 10. The van der Waals surface area contributed by atoms with E-state index >= 15 is 0 Å². The van der Waals surface area contributed by atoms with E-state index in [9.17, 15) is 9.59 Å². The normalized spacial score (nSPS) is 17.1. The first-order valence-electron chi connectivity index (χ1n) is 12.0. The van der Waals surface area contributed by atoms with E-state index in [1.54, 1.807) is 36.4 Å². The summed E-state index contributed by atoms with van der Waals surface area (Å²) in [5.41, 5.74) is 0.522. The number of halogens is 2. The highest BCUT2D eigenvalue weighted by Crippen LogP contribution is 2.25. The molecule has 1 aliphatic rings. The van der Waals surface area contributed by atoms with Gasteiger partial charge in [0.1, 0.15) is 49.4 Å². The summed E-state index contributed by atoms with van der Waals surface area (Å²) in [4.78, 5) is 23.3. The summed E-state index contributed by atoms with van der Waals surface area (Å²) in [7, 11) is 0. The van der Waals surface area contributed by atoms with Gasteiger partial charge < -0.3 is 37.9 Å². The van der Waals surface area contributed by atoms with Gasteiger partial charge in [-0.2, -0.15) is 0 Å². The van der Waals surface area contributed by atoms with Crippen molar-refractivity contribution in [1.82, 2.24) is 0 Å². The largest absolute Gasteiger partial charge is 0.491 e. The maximum Gasteiger partial charge on any atom is 0.252 e. The molecule has 1 heterocycles. The molecule has 1 aliphatic heterocycles. The second-order valence-electron chi connectivity index (χ2n) is 7.78. The third-order valence-corrected chi connectivity index (χ3v) is 5.38. The zero-order valence-electron chi connectivity index (χ0n) is 20.8. The maximum absolute atomic E-state index is 11.6. The third kappa shape index (κ3) is 11.4. The van der Waals surface area contributed by atoms with Crippen molar-refractivity contribution in [2.24, 2.45) is 0 Å². The Bertz CT molecular complexity index is 891. The molecule has 0 fully saturated rings.